The standard InChI is InChI=1S/C26H32B.H3N/c1-6-7-18-27(24-14-10-8-11-15-24,25-16-12-9-13-17-25)26-22(4)20(2)19-21(3)23(26)5;/h8-17,19H,6-7,18H2,1-5H3;1H3/q-1;/p+1. The average Bonchev–Trinajstić information content (AvgIpc) is 2.70. The third-order valence-corrected chi connectivity index (χ3v) is 6.64. The van der Waals surface area contributed by atoms with Crippen molar-refractivity contribution in [2.45, 2.75) is 53.8 Å². The molecule has 0 saturated heterocycles. The molecule has 2 heteroatoms. The van der Waals surface area contributed by atoms with Crippen molar-refractivity contribution in [3.8, 4) is 0 Å². The molecule has 0 aliphatic rings. The first-order chi connectivity index (χ1) is 13.0. The summed E-state index contributed by atoms with van der Waals surface area (Å²) in [6, 6.07) is 24.8. The van der Waals surface area contributed by atoms with Crippen molar-refractivity contribution in [2.75, 3.05) is 0 Å². The molecular weight excluding hydrogens is 337 g/mol. The summed E-state index contributed by atoms with van der Waals surface area (Å²) in [7, 11) is 0. The third-order valence-electron chi connectivity index (χ3n) is 6.64. The van der Waals surface area contributed by atoms with Gasteiger partial charge in [-0.1, -0.05) is 109 Å². The fraction of sp³-hybridized carbons (Fsp3) is 0.308. The van der Waals surface area contributed by atoms with Gasteiger partial charge in [0.25, 0.3) is 0 Å². The summed E-state index contributed by atoms with van der Waals surface area (Å²) < 4.78 is 0. The quantitative estimate of drug-likeness (QED) is 0.549. The molecule has 0 bridgehead atoms. The molecular formula is C26H36BN. The highest BCUT2D eigenvalue weighted by molar-refractivity contribution is 7.12. The Morgan fingerprint density at radius 1 is 0.679 bits per heavy atom. The minimum absolute atomic E-state index is 0. The van der Waals surface area contributed by atoms with Crippen LogP contribution in [-0.2, 0) is 0 Å². The number of quaternary nitrogens is 1. The maximum absolute atomic E-state index is 2.35. The molecule has 0 saturated carbocycles. The smallest absolute Gasteiger partial charge is 0.0821 e. The molecule has 3 aromatic rings. The van der Waals surface area contributed by atoms with Gasteiger partial charge in [0.1, 0.15) is 0 Å². The van der Waals surface area contributed by atoms with E-state index in [-0.39, 0.29) is 6.15 Å². The minimum Gasteiger partial charge on any atom is -0.369 e. The molecule has 0 aromatic heterocycles. The molecule has 148 valence electrons. The van der Waals surface area contributed by atoms with Gasteiger partial charge in [-0.2, -0.15) is 22.7 Å². The van der Waals surface area contributed by atoms with Gasteiger partial charge in [-0.05, 0) is 27.7 Å². The van der Waals surface area contributed by atoms with E-state index in [9.17, 15) is 0 Å². The van der Waals surface area contributed by atoms with Gasteiger partial charge in [0.05, 0.1) is 6.15 Å². The Morgan fingerprint density at radius 3 is 1.50 bits per heavy atom. The number of hydrogen-bond acceptors (Lipinski definition) is 0. The Morgan fingerprint density at radius 2 is 1.11 bits per heavy atom. The first-order valence-electron chi connectivity index (χ1n) is 10.4. The van der Waals surface area contributed by atoms with E-state index in [1.807, 2.05) is 0 Å². The van der Waals surface area contributed by atoms with Crippen LogP contribution in [0.5, 0.6) is 0 Å². The Balaban J connectivity index is 0.00000280. The van der Waals surface area contributed by atoms with Gasteiger partial charge in [0.15, 0.2) is 0 Å². The fourth-order valence-electron chi connectivity index (χ4n) is 5.06. The molecule has 3 aromatic carbocycles. The van der Waals surface area contributed by atoms with Crippen LogP contribution >= 0.6 is 0 Å². The summed E-state index contributed by atoms with van der Waals surface area (Å²) in [4.78, 5) is 0. The number of hydrogen-bond donors (Lipinski definition) is 1. The zero-order chi connectivity index (χ0) is 19.4. The highest BCUT2D eigenvalue weighted by atomic mass is 14.2. The SMILES string of the molecule is CCCC[B-](c1ccccc1)(c1ccccc1)c1c(C)c(C)cc(C)c1C.[NH4+]. The highest BCUT2D eigenvalue weighted by Crippen LogP contribution is 2.23. The molecule has 0 radical (unpaired) electrons. The summed E-state index contributed by atoms with van der Waals surface area (Å²) in [5, 5.41) is 0. The average molecular weight is 373 g/mol. The Hall–Kier alpha value is -2.32. The second kappa shape index (κ2) is 9.25. The Labute approximate surface area is 171 Å². The van der Waals surface area contributed by atoms with Gasteiger partial charge in [0.2, 0.25) is 0 Å². The van der Waals surface area contributed by atoms with Crippen molar-refractivity contribution in [1.29, 1.82) is 0 Å². The van der Waals surface area contributed by atoms with Crippen molar-refractivity contribution in [3.63, 3.8) is 0 Å². The van der Waals surface area contributed by atoms with E-state index in [2.05, 4.69) is 101 Å². The van der Waals surface area contributed by atoms with Gasteiger partial charge < -0.3 is 6.15 Å². The molecule has 3 rings (SSSR count). The van der Waals surface area contributed by atoms with Crippen LogP contribution in [0.25, 0.3) is 0 Å². The predicted molar refractivity (Wildman–Crippen MR) is 129 cm³/mol. The maximum atomic E-state index is 2.35. The summed E-state index contributed by atoms with van der Waals surface area (Å²) in [6.45, 7) is 11.5. The van der Waals surface area contributed by atoms with Crippen molar-refractivity contribution in [1.82, 2.24) is 6.15 Å². The fourth-order valence-corrected chi connectivity index (χ4v) is 5.06. The molecule has 1 nitrogen and oxygen atoms in total. The summed E-state index contributed by atoms with van der Waals surface area (Å²) in [6.07, 6.45) is 2.63. The maximum Gasteiger partial charge on any atom is 0.0821 e. The van der Waals surface area contributed by atoms with E-state index < -0.39 is 6.15 Å². The lowest BCUT2D eigenvalue weighted by molar-refractivity contribution is 0.874. The molecule has 0 aliphatic heterocycles. The molecule has 28 heavy (non-hydrogen) atoms. The molecule has 0 heterocycles. The first-order valence-corrected chi connectivity index (χ1v) is 10.4. The lowest BCUT2D eigenvalue weighted by Crippen LogP contribution is -2.68. The Kier molecular flexibility index (Phi) is 7.26. The molecule has 0 atom stereocenters. The van der Waals surface area contributed by atoms with Crippen LogP contribution in [-0.4, -0.2) is 6.15 Å². The summed E-state index contributed by atoms with van der Waals surface area (Å²) in [5.74, 6) is 0. The zero-order valence-corrected chi connectivity index (χ0v) is 18.5. The van der Waals surface area contributed by atoms with E-state index >= 15 is 0 Å². The minimum atomic E-state index is -1.00. The number of rotatable bonds is 6. The van der Waals surface area contributed by atoms with Crippen LogP contribution in [0.4, 0.5) is 0 Å². The first kappa shape index (κ1) is 22.0. The van der Waals surface area contributed by atoms with Gasteiger partial charge in [-0.3, -0.25) is 0 Å². The van der Waals surface area contributed by atoms with Crippen LogP contribution in [0.3, 0.4) is 0 Å². The number of unbranched alkanes of at least 4 members (excludes halogenated alkanes) is 1. The molecule has 0 unspecified atom stereocenters. The van der Waals surface area contributed by atoms with Crippen molar-refractivity contribution < 1.29 is 0 Å². The summed E-state index contributed by atoms with van der Waals surface area (Å²) >= 11 is 0. The third kappa shape index (κ3) is 3.79. The van der Waals surface area contributed by atoms with Crippen LogP contribution in [0.2, 0.25) is 6.32 Å². The van der Waals surface area contributed by atoms with Crippen molar-refractivity contribution >= 4 is 22.5 Å². The van der Waals surface area contributed by atoms with E-state index in [4.69, 9.17) is 0 Å². The van der Waals surface area contributed by atoms with Gasteiger partial charge in [-0.15, -0.1) is 0 Å². The molecule has 0 amide bonds. The van der Waals surface area contributed by atoms with Crippen molar-refractivity contribution in [2.24, 2.45) is 0 Å². The van der Waals surface area contributed by atoms with Crippen LogP contribution in [0.1, 0.15) is 42.0 Å². The zero-order valence-electron chi connectivity index (χ0n) is 18.5. The van der Waals surface area contributed by atoms with Gasteiger partial charge in [-0.25, -0.2) is 0 Å². The predicted octanol–water partition coefficient (Wildman–Crippen LogP) is 5.57. The molecule has 0 fully saturated rings. The molecule has 0 spiro atoms. The lowest BCUT2D eigenvalue weighted by Gasteiger charge is -2.46. The van der Waals surface area contributed by atoms with E-state index in [1.165, 1.54) is 52.3 Å². The Bertz CT molecular complexity index is 835. The van der Waals surface area contributed by atoms with Crippen LogP contribution in [0.15, 0.2) is 66.7 Å². The van der Waals surface area contributed by atoms with Crippen molar-refractivity contribution in [3.05, 3.63) is 89.0 Å². The number of aryl methyl sites for hydroxylation is 2. The lowest BCUT2D eigenvalue weighted by atomic mass is 9.13. The van der Waals surface area contributed by atoms with E-state index in [0.717, 1.165) is 0 Å². The topological polar surface area (TPSA) is 36.5 Å². The van der Waals surface area contributed by atoms with Crippen LogP contribution < -0.4 is 22.5 Å². The van der Waals surface area contributed by atoms with Crippen LogP contribution in [0, 0.1) is 27.7 Å². The monoisotopic (exact) mass is 373 g/mol. The van der Waals surface area contributed by atoms with E-state index in [0.29, 0.717) is 0 Å². The summed E-state index contributed by atoms with van der Waals surface area (Å²) in [5.41, 5.74) is 10.2. The van der Waals surface area contributed by atoms with Gasteiger partial charge >= 0.3 is 0 Å². The highest BCUT2D eigenvalue weighted by Gasteiger charge is 2.32. The molecule has 0 aliphatic carbocycles. The second-order valence-electron chi connectivity index (χ2n) is 8.18. The number of benzene rings is 3. The normalized spacial score (nSPS) is 11.2. The second-order valence-corrected chi connectivity index (χ2v) is 8.18. The van der Waals surface area contributed by atoms with Gasteiger partial charge in [0, 0.05) is 0 Å². The van der Waals surface area contributed by atoms with E-state index in [1.54, 1.807) is 5.46 Å². The largest absolute Gasteiger partial charge is 0.369 e. The molecule has 4 N–H and O–H groups in total.